The molecule has 1 aromatic carbocycles. The number of aliphatic hydroxyl groups excluding tert-OH is 1. The van der Waals surface area contributed by atoms with Gasteiger partial charge in [-0.05, 0) is 44.1 Å². The number of benzene rings is 1. The Morgan fingerprint density at radius 1 is 1.36 bits per heavy atom. The molecule has 0 aromatic heterocycles. The first-order chi connectivity index (χ1) is 10.5. The zero-order valence-electron chi connectivity index (χ0n) is 12.6. The van der Waals surface area contributed by atoms with Crippen molar-refractivity contribution in [3.63, 3.8) is 0 Å². The van der Waals surface area contributed by atoms with Crippen LogP contribution in [0.25, 0.3) is 0 Å². The lowest BCUT2D eigenvalue weighted by atomic mass is 10.1. The number of rotatable bonds is 3. The molecule has 22 heavy (non-hydrogen) atoms. The maximum absolute atomic E-state index is 13.0. The molecule has 1 N–H and O–H groups in total. The molecule has 0 amide bonds. The lowest BCUT2D eigenvalue weighted by Crippen LogP contribution is -2.51. The third kappa shape index (κ3) is 3.03. The largest absolute Gasteiger partial charge is 0.366 e. The van der Waals surface area contributed by atoms with E-state index in [4.69, 9.17) is 0 Å². The van der Waals surface area contributed by atoms with E-state index >= 15 is 0 Å². The maximum Gasteiger partial charge on any atom is 0.208 e. The summed E-state index contributed by atoms with van der Waals surface area (Å²) < 4.78 is 13.0. The van der Waals surface area contributed by atoms with Crippen LogP contribution in [0.3, 0.4) is 0 Å². The Kier molecular flexibility index (Phi) is 4.22. The summed E-state index contributed by atoms with van der Waals surface area (Å²) in [5.41, 5.74) is 0.916. The molecular formula is C16H20FN3O2. The highest BCUT2D eigenvalue weighted by Crippen LogP contribution is 2.22. The highest BCUT2D eigenvalue weighted by Gasteiger charge is 2.35. The number of carbonyl (C=O) groups excluding carboxylic acids is 1. The van der Waals surface area contributed by atoms with Crippen molar-refractivity contribution in [2.45, 2.75) is 31.7 Å². The van der Waals surface area contributed by atoms with Gasteiger partial charge in [0.2, 0.25) is 12.0 Å². The second-order valence-corrected chi connectivity index (χ2v) is 5.95. The first kappa shape index (κ1) is 15.1. The van der Waals surface area contributed by atoms with Gasteiger partial charge in [-0.15, -0.1) is 0 Å². The lowest BCUT2D eigenvalue weighted by Gasteiger charge is -2.35. The van der Waals surface area contributed by atoms with Crippen LogP contribution < -0.4 is 0 Å². The number of halogens is 1. The van der Waals surface area contributed by atoms with Gasteiger partial charge in [0, 0.05) is 6.54 Å². The van der Waals surface area contributed by atoms with Gasteiger partial charge in [0.15, 0.2) is 0 Å². The molecule has 1 saturated heterocycles. The zero-order valence-corrected chi connectivity index (χ0v) is 12.6. The Balaban J connectivity index is 1.84. The predicted molar refractivity (Wildman–Crippen MR) is 80.9 cm³/mol. The fourth-order valence-electron chi connectivity index (χ4n) is 3.11. The molecule has 0 spiro atoms. The van der Waals surface area contributed by atoms with Crippen LogP contribution in [-0.2, 0) is 11.3 Å². The Hall–Kier alpha value is -1.79. The van der Waals surface area contributed by atoms with Crippen molar-refractivity contribution in [3.05, 3.63) is 35.6 Å². The van der Waals surface area contributed by atoms with Crippen LogP contribution in [0.1, 0.15) is 18.4 Å². The molecule has 2 aliphatic rings. The van der Waals surface area contributed by atoms with Crippen LogP contribution in [0.4, 0.5) is 4.39 Å². The number of hydrogen-bond donors (Lipinski definition) is 1. The third-order valence-electron chi connectivity index (χ3n) is 4.32. The summed E-state index contributed by atoms with van der Waals surface area (Å²) in [5, 5.41) is 9.78. The zero-order chi connectivity index (χ0) is 15.7. The van der Waals surface area contributed by atoms with Gasteiger partial charge in [-0.1, -0.05) is 12.1 Å². The molecule has 2 heterocycles. The van der Waals surface area contributed by atoms with E-state index in [1.54, 1.807) is 12.1 Å². The fourth-order valence-corrected chi connectivity index (χ4v) is 3.11. The van der Waals surface area contributed by atoms with Crippen LogP contribution in [0.15, 0.2) is 29.3 Å². The van der Waals surface area contributed by atoms with E-state index in [2.05, 4.69) is 9.89 Å². The average molecular weight is 305 g/mol. The summed E-state index contributed by atoms with van der Waals surface area (Å²) in [7, 11) is 2.03. The molecule has 2 aliphatic heterocycles. The number of carbonyl (C=O) groups is 1. The van der Waals surface area contributed by atoms with E-state index in [-0.39, 0.29) is 24.2 Å². The smallest absolute Gasteiger partial charge is 0.208 e. The van der Waals surface area contributed by atoms with Gasteiger partial charge in [-0.3, -0.25) is 9.69 Å². The van der Waals surface area contributed by atoms with Crippen LogP contribution in [0.2, 0.25) is 0 Å². The number of likely N-dealkylation sites (N-methyl/N-ethyl adjacent to an activating group) is 1. The summed E-state index contributed by atoms with van der Waals surface area (Å²) in [5.74, 6) is 0.182. The molecule has 2 unspecified atom stereocenters. The van der Waals surface area contributed by atoms with Gasteiger partial charge in [0.1, 0.15) is 11.7 Å². The number of amidine groups is 1. The normalized spacial score (nSPS) is 26.4. The van der Waals surface area contributed by atoms with Crippen LogP contribution in [-0.4, -0.2) is 58.9 Å². The van der Waals surface area contributed by atoms with Gasteiger partial charge in [-0.2, -0.15) is 0 Å². The number of ketones is 1. The second-order valence-electron chi connectivity index (χ2n) is 5.95. The molecule has 118 valence electrons. The van der Waals surface area contributed by atoms with Crippen LogP contribution in [0, 0.1) is 5.82 Å². The third-order valence-corrected chi connectivity index (χ3v) is 4.32. The van der Waals surface area contributed by atoms with Crippen molar-refractivity contribution >= 4 is 11.6 Å². The van der Waals surface area contributed by atoms with Crippen molar-refractivity contribution in [1.29, 1.82) is 0 Å². The fraction of sp³-hybridized carbons (Fsp3) is 0.500. The van der Waals surface area contributed by atoms with Crippen molar-refractivity contribution in [3.8, 4) is 0 Å². The predicted octanol–water partition coefficient (Wildman–Crippen LogP) is 1.02. The standard InChI is InChI=1S/C16H20FN3O2/c1-19-8-2-3-13(19)15-18-16(22)14(21)10-20(15)9-11-4-6-12(17)7-5-11/h4-7,13,16,22H,2-3,8-10H2,1H3. The Morgan fingerprint density at radius 3 is 2.73 bits per heavy atom. The van der Waals surface area contributed by atoms with Gasteiger partial charge in [0.25, 0.3) is 0 Å². The van der Waals surface area contributed by atoms with Gasteiger partial charge >= 0.3 is 0 Å². The molecule has 1 aromatic rings. The molecule has 0 saturated carbocycles. The maximum atomic E-state index is 13.0. The lowest BCUT2D eigenvalue weighted by molar-refractivity contribution is -0.128. The average Bonchev–Trinajstić information content (AvgIpc) is 2.91. The van der Waals surface area contributed by atoms with E-state index in [0.29, 0.717) is 6.54 Å². The van der Waals surface area contributed by atoms with Crippen molar-refractivity contribution in [1.82, 2.24) is 9.80 Å². The first-order valence-corrected chi connectivity index (χ1v) is 7.52. The van der Waals surface area contributed by atoms with E-state index < -0.39 is 6.23 Å². The number of hydrogen-bond acceptors (Lipinski definition) is 5. The number of Topliss-reactive ketones (excluding diaryl/α,β-unsaturated/α-hetero) is 1. The van der Waals surface area contributed by atoms with E-state index in [0.717, 1.165) is 30.8 Å². The minimum Gasteiger partial charge on any atom is -0.366 e. The van der Waals surface area contributed by atoms with Crippen LogP contribution in [0.5, 0.6) is 0 Å². The summed E-state index contributed by atoms with van der Waals surface area (Å²) in [4.78, 5) is 20.1. The van der Waals surface area contributed by atoms with Gasteiger partial charge < -0.3 is 10.0 Å². The molecule has 1 fully saturated rings. The molecule has 3 rings (SSSR count). The Bertz CT molecular complexity index is 588. The molecule has 6 heteroatoms. The van der Waals surface area contributed by atoms with Gasteiger partial charge in [-0.25, -0.2) is 9.38 Å². The second kappa shape index (κ2) is 6.14. The summed E-state index contributed by atoms with van der Waals surface area (Å²) >= 11 is 0. The highest BCUT2D eigenvalue weighted by molar-refractivity contribution is 5.98. The number of aliphatic hydroxyl groups is 1. The van der Waals surface area contributed by atoms with Crippen molar-refractivity contribution in [2.24, 2.45) is 4.99 Å². The molecule has 0 aliphatic carbocycles. The number of likely N-dealkylation sites (tertiary alicyclic amines) is 1. The van der Waals surface area contributed by atoms with Crippen LogP contribution >= 0.6 is 0 Å². The number of aliphatic imine (C=N–C) groups is 1. The Morgan fingerprint density at radius 2 is 2.09 bits per heavy atom. The minimum atomic E-state index is -1.26. The van der Waals surface area contributed by atoms with E-state index in [9.17, 15) is 14.3 Å². The summed E-state index contributed by atoms with van der Waals surface area (Å²) in [6.45, 7) is 1.61. The van der Waals surface area contributed by atoms with E-state index in [1.807, 2.05) is 11.9 Å². The minimum absolute atomic E-state index is 0.128. The molecule has 0 radical (unpaired) electrons. The first-order valence-electron chi connectivity index (χ1n) is 7.52. The quantitative estimate of drug-likeness (QED) is 0.906. The molecule has 5 nitrogen and oxygen atoms in total. The van der Waals surface area contributed by atoms with Gasteiger partial charge in [0.05, 0.1) is 12.6 Å². The SMILES string of the molecule is CN1CCCC1C1=NC(O)C(=O)CN1Cc1ccc(F)cc1. The Labute approximate surface area is 129 Å². The molecule has 0 bridgehead atoms. The summed E-state index contributed by atoms with van der Waals surface area (Å²) in [6, 6.07) is 6.37. The number of nitrogens with zero attached hydrogens (tertiary/aromatic N) is 3. The monoisotopic (exact) mass is 305 g/mol. The van der Waals surface area contributed by atoms with E-state index in [1.165, 1.54) is 12.1 Å². The molecule has 2 atom stereocenters. The van der Waals surface area contributed by atoms with Crippen molar-refractivity contribution < 1.29 is 14.3 Å². The topological polar surface area (TPSA) is 56.1 Å². The highest BCUT2D eigenvalue weighted by atomic mass is 19.1. The summed E-state index contributed by atoms with van der Waals surface area (Å²) in [6.07, 6.45) is 0.790. The van der Waals surface area contributed by atoms with Crippen molar-refractivity contribution in [2.75, 3.05) is 20.1 Å². The molecular weight excluding hydrogens is 285 g/mol.